The molecule has 1 aromatic heterocycles. The lowest BCUT2D eigenvalue weighted by Gasteiger charge is -2.04. The number of nitrogens with two attached hydrogens (primary N) is 1. The van der Waals surface area contributed by atoms with Gasteiger partial charge in [-0.1, -0.05) is 5.16 Å². The van der Waals surface area contributed by atoms with Gasteiger partial charge in [-0.25, -0.2) is 0 Å². The maximum absolute atomic E-state index is 5.85. The number of nitrogen functional groups attached to an aromatic ring is 1. The summed E-state index contributed by atoms with van der Waals surface area (Å²) in [5.74, 6) is 1.35. The van der Waals surface area contributed by atoms with Gasteiger partial charge in [0.25, 0.3) is 0 Å². The van der Waals surface area contributed by atoms with Gasteiger partial charge in [0.1, 0.15) is 17.1 Å². The van der Waals surface area contributed by atoms with Gasteiger partial charge in [0.15, 0.2) is 5.76 Å². The molecule has 0 bridgehead atoms. The van der Waals surface area contributed by atoms with E-state index in [0.717, 1.165) is 15.8 Å². The third kappa shape index (κ3) is 1.78. The second kappa shape index (κ2) is 4.17. The molecule has 0 fully saturated rings. The van der Waals surface area contributed by atoms with Crippen molar-refractivity contribution in [2.24, 2.45) is 0 Å². The van der Waals surface area contributed by atoms with Crippen LogP contribution in [-0.2, 0) is 0 Å². The zero-order valence-electron chi connectivity index (χ0n) is 8.95. The molecular formula is C11H11BrN2O2. The molecule has 1 aromatic carbocycles. The molecule has 2 rings (SSSR count). The molecule has 0 aliphatic heterocycles. The van der Waals surface area contributed by atoms with Crippen LogP contribution in [0.4, 0.5) is 5.69 Å². The van der Waals surface area contributed by atoms with Crippen LogP contribution in [0.25, 0.3) is 11.3 Å². The van der Waals surface area contributed by atoms with E-state index in [4.69, 9.17) is 15.0 Å². The van der Waals surface area contributed by atoms with Crippen molar-refractivity contribution >= 4 is 21.6 Å². The number of nitrogens with zero attached hydrogens (tertiary/aromatic N) is 1. The molecule has 2 N–H and O–H groups in total. The molecule has 5 heteroatoms. The minimum atomic E-state index is 0.567. The van der Waals surface area contributed by atoms with Crippen molar-refractivity contribution in [3.63, 3.8) is 0 Å². The van der Waals surface area contributed by atoms with Crippen LogP contribution in [0.2, 0.25) is 0 Å². The Morgan fingerprint density at radius 1 is 1.44 bits per heavy atom. The quantitative estimate of drug-likeness (QED) is 0.920. The van der Waals surface area contributed by atoms with Crippen molar-refractivity contribution in [2.45, 2.75) is 6.92 Å². The van der Waals surface area contributed by atoms with Crippen LogP contribution in [-0.4, -0.2) is 12.3 Å². The number of anilines is 1. The van der Waals surface area contributed by atoms with Gasteiger partial charge in [-0.2, -0.15) is 0 Å². The molecule has 2 aromatic rings. The number of ether oxygens (including phenoxy) is 1. The van der Waals surface area contributed by atoms with Gasteiger partial charge >= 0.3 is 0 Å². The summed E-state index contributed by atoms with van der Waals surface area (Å²) in [4.78, 5) is 0. The lowest BCUT2D eigenvalue weighted by Crippen LogP contribution is -1.89. The molecule has 0 spiro atoms. The standard InChI is InChI=1S/C11H11BrN2O2/c1-6-10(13)11(16-14-6)7-3-4-9(15-2)8(12)5-7/h3-5H,13H2,1-2H3. The predicted octanol–water partition coefficient (Wildman–Crippen LogP) is 3.00. The number of methoxy groups -OCH3 is 1. The van der Waals surface area contributed by atoms with E-state index in [1.807, 2.05) is 18.2 Å². The summed E-state index contributed by atoms with van der Waals surface area (Å²) in [7, 11) is 1.62. The first-order valence-corrected chi connectivity index (χ1v) is 5.48. The summed E-state index contributed by atoms with van der Waals surface area (Å²) in [5.41, 5.74) is 7.98. The Hall–Kier alpha value is -1.49. The number of hydrogen-bond acceptors (Lipinski definition) is 4. The Morgan fingerprint density at radius 3 is 2.69 bits per heavy atom. The fourth-order valence-electron chi connectivity index (χ4n) is 1.39. The van der Waals surface area contributed by atoms with Crippen LogP contribution < -0.4 is 10.5 Å². The number of hydrogen-bond donors (Lipinski definition) is 1. The minimum absolute atomic E-state index is 0.567. The Balaban J connectivity index is 2.49. The van der Waals surface area contributed by atoms with E-state index >= 15 is 0 Å². The normalized spacial score (nSPS) is 10.4. The minimum Gasteiger partial charge on any atom is -0.496 e. The maximum atomic E-state index is 5.85. The number of aromatic nitrogens is 1. The Bertz CT molecular complexity index is 523. The monoisotopic (exact) mass is 282 g/mol. The SMILES string of the molecule is COc1ccc(-c2onc(C)c2N)cc1Br. The number of benzene rings is 1. The van der Waals surface area contributed by atoms with Crippen molar-refractivity contribution in [1.82, 2.24) is 5.16 Å². The highest BCUT2D eigenvalue weighted by Gasteiger charge is 2.13. The van der Waals surface area contributed by atoms with Gasteiger partial charge in [0.05, 0.1) is 11.6 Å². The van der Waals surface area contributed by atoms with Crippen molar-refractivity contribution in [3.05, 3.63) is 28.4 Å². The van der Waals surface area contributed by atoms with Gasteiger partial charge in [-0.3, -0.25) is 0 Å². The van der Waals surface area contributed by atoms with Crippen molar-refractivity contribution in [2.75, 3.05) is 12.8 Å². The highest BCUT2D eigenvalue weighted by molar-refractivity contribution is 9.10. The molecule has 0 saturated heterocycles. The Morgan fingerprint density at radius 2 is 2.19 bits per heavy atom. The summed E-state index contributed by atoms with van der Waals surface area (Å²) in [5, 5.41) is 3.82. The van der Waals surface area contributed by atoms with Crippen LogP contribution in [0.15, 0.2) is 27.2 Å². The third-order valence-electron chi connectivity index (χ3n) is 2.32. The molecule has 0 radical (unpaired) electrons. The van der Waals surface area contributed by atoms with Gasteiger partial charge in [0, 0.05) is 5.56 Å². The van der Waals surface area contributed by atoms with Crippen LogP contribution in [0.3, 0.4) is 0 Å². The number of halogens is 1. The van der Waals surface area contributed by atoms with Gasteiger partial charge in [-0.15, -0.1) is 0 Å². The van der Waals surface area contributed by atoms with Crippen LogP contribution >= 0.6 is 15.9 Å². The zero-order chi connectivity index (χ0) is 11.7. The molecule has 0 saturated carbocycles. The summed E-state index contributed by atoms with van der Waals surface area (Å²) in [6.07, 6.45) is 0. The van der Waals surface area contributed by atoms with Gasteiger partial charge in [-0.05, 0) is 41.1 Å². The molecular weight excluding hydrogens is 272 g/mol. The van der Waals surface area contributed by atoms with Crippen LogP contribution in [0, 0.1) is 6.92 Å². The van der Waals surface area contributed by atoms with Gasteiger partial charge in [0.2, 0.25) is 0 Å². The number of aryl methyl sites for hydroxylation is 1. The van der Waals surface area contributed by atoms with Crippen molar-refractivity contribution < 1.29 is 9.26 Å². The molecule has 0 atom stereocenters. The first kappa shape index (κ1) is 11.0. The van der Waals surface area contributed by atoms with E-state index in [0.29, 0.717) is 17.1 Å². The first-order valence-electron chi connectivity index (χ1n) is 4.69. The lowest BCUT2D eigenvalue weighted by atomic mass is 10.1. The maximum Gasteiger partial charge on any atom is 0.190 e. The molecule has 0 aliphatic carbocycles. The van der Waals surface area contributed by atoms with Crippen molar-refractivity contribution in [3.8, 4) is 17.1 Å². The highest BCUT2D eigenvalue weighted by atomic mass is 79.9. The Kier molecular flexibility index (Phi) is 2.87. The zero-order valence-corrected chi connectivity index (χ0v) is 10.5. The topological polar surface area (TPSA) is 61.3 Å². The fraction of sp³-hybridized carbons (Fsp3) is 0.182. The molecule has 0 unspecified atom stereocenters. The average Bonchev–Trinajstić information content (AvgIpc) is 2.60. The highest BCUT2D eigenvalue weighted by Crippen LogP contribution is 2.33. The Labute approximate surface area is 102 Å². The van der Waals surface area contributed by atoms with E-state index in [-0.39, 0.29) is 0 Å². The summed E-state index contributed by atoms with van der Waals surface area (Å²) in [6.45, 7) is 1.81. The summed E-state index contributed by atoms with van der Waals surface area (Å²) < 4.78 is 11.2. The smallest absolute Gasteiger partial charge is 0.190 e. The summed E-state index contributed by atoms with van der Waals surface area (Å²) >= 11 is 3.41. The molecule has 16 heavy (non-hydrogen) atoms. The first-order chi connectivity index (χ1) is 7.63. The number of rotatable bonds is 2. The molecule has 84 valence electrons. The second-order valence-electron chi connectivity index (χ2n) is 3.36. The van der Waals surface area contributed by atoms with Crippen LogP contribution in [0.1, 0.15) is 5.69 Å². The third-order valence-corrected chi connectivity index (χ3v) is 2.94. The van der Waals surface area contributed by atoms with Crippen molar-refractivity contribution in [1.29, 1.82) is 0 Å². The van der Waals surface area contributed by atoms with E-state index in [2.05, 4.69) is 21.1 Å². The predicted molar refractivity (Wildman–Crippen MR) is 65.3 cm³/mol. The van der Waals surface area contributed by atoms with E-state index in [9.17, 15) is 0 Å². The van der Waals surface area contributed by atoms with Gasteiger partial charge < -0.3 is 15.0 Å². The molecule has 4 nitrogen and oxygen atoms in total. The molecule has 0 amide bonds. The molecule has 0 aliphatic rings. The lowest BCUT2D eigenvalue weighted by molar-refractivity contribution is 0.411. The van der Waals surface area contributed by atoms with Crippen LogP contribution in [0.5, 0.6) is 5.75 Å². The molecule has 1 heterocycles. The largest absolute Gasteiger partial charge is 0.496 e. The van der Waals surface area contributed by atoms with E-state index in [1.54, 1.807) is 14.0 Å². The van der Waals surface area contributed by atoms with E-state index < -0.39 is 0 Å². The van der Waals surface area contributed by atoms with E-state index in [1.165, 1.54) is 0 Å². The fourth-order valence-corrected chi connectivity index (χ4v) is 1.93. The summed E-state index contributed by atoms with van der Waals surface area (Å²) in [6, 6.07) is 5.60. The second-order valence-corrected chi connectivity index (χ2v) is 4.21. The average molecular weight is 283 g/mol.